The monoisotopic (exact) mass is 333 g/mol. The summed E-state index contributed by atoms with van der Waals surface area (Å²) >= 11 is 0. The summed E-state index contributed by atoms with van der Waals surface area (Å²) in [5.74, 6) is 0.253. The van der Waals surface area contributed by atoms with Crippen molar-refractivity contribution >= 4 is 17.5 Å². The molecule has 0 spiro atoms. The second kappa shape index (κ2) is 12.5. The summed E-state index contributed by atoms with van der Waals surface area (Å²) in [5.41, 5.74) is 0. The summed E-state index contributed by atoms with van der Waals surface area (Å²) in [6.07, 6.45) is 11.8. The third-order valence-electron chi connectivity index (χ3n) is 3.44. The summed E-state index contributed by atoms with van der Waals surface area (Å²) in [6, 6.07) is -0.0351. The Morgan fingerprint density at radius 1 is 0.917 bits per heavy atom. The molecule has 0 aliphatic carbocycles. The van der Waals surface area contributed by atoms with Gasteiger partial charge >= 0.3 is 0 Å². The SMILES string of the molecule is C/C=C/C(=O)CC(C)C/C=C/C(=O)NC(C)C/C=C/C(=O)C(C)C. The molecule has 0 bridgehead atoms. The van der Waals surface area contributed by atoms with Crippen molar-refractivity contribution in [1.29, 1.82) is 0 Å². The summed E-state index contributed by atoms with van der Waals surface area (Å²) in [4.78, 5) is 34.7. The number of amides is 1. The van der Waals surface area contributed by atoms with Crippen LogP contribution in [0.25, 0.3) is 0 Å². The van der Waals surface area contributed by atoms with Crippen LogP contribution in [-0.4, -0.2) is 23.5 Å². The van der Waals surface area contributed by atoms with E-state index in [4.69, 9.17) is 0 Å². The first kappa shape index (κ1) is 22.0. The third kappa shape index (κ3) is 11.6. The smallest absolute Gasteiger partial charge is 0.243 e. The molecule has 0 saturated carbocycles. The lowest BCUT2D eigenvalue weighted by Gasteiger charge is -2.10. The lowest BCUT2D eigenvalue weighted by Crippen LogP contribution is -2.30. The van der Waals surface area contributed by atoms with E-state index < -0.39 is 0 Å². The molecule has 0 fully saturated rings. The van der Waals surface area contributed by atoms with Crippen LogP contribution in [0.1, 0.15) is 53.9 Å². The van der Waals surface area contributed by atoms with E-state index in [0.29, 0.717) is 19.3 Å². The predicted octanol–water partition coefficient (Wildman–Crippen LogP) is 3.78. The molecule has 0 aliphatic heterocycles. The Bertz CT molecular complexity index is 501. The van der Waals surface area contributed by atoms with E-state index in [9.17, 15) is 14.4 Å². The first-order valence-electron chi connectivity index (χ1n) is 8.59. The van der Waals surface area contributed by atoms with Crippen LogP contribution >= 0.6 is 0 Å². The average molecular weight is 333 g/mol. The Kier molecular flexibility index (Phi) is 11.4. The molecule has 0 aliphatic rings. The maximum absolute atomic E-state index is 11.8. The maximum Gasteiger partial charge on any atom is 0.243 e. The lowest BCUT2D eigenvalue weighted by atomic mass is 10.0. The molecule has 1 N–H and O–H groups in total. The second-order valence-electron chi connectivity index (χ2n) is 6.52. The summed E-state index contributed by atoms with van der Waals surface area (Å²) in [6.45, 7) is 9.42. The standard InChI is InChI=1S/C20H31NO3/c1-6-9-18(22)14-16(4)10-7-13-20(24)21-17(5)11-8-12-19(23)15(2)3/h6-9,12-13,15-17H,10-11,14H2,1-5H3,(H,21,24)/b9-6+,12-8+,13-7+. The topological polar surface area (TPSA) is 63.2 Å². The summed E-state index contributed by atoms with van der Waals surface area (Å²) < 4.78 is 0. The van der Waals surface area contributed by atoms with Crippen LogP contribution in [0.2, 0.25) is 0 Å². The van der Waals surface area contributed by atoms with Gasteiger partial charge in [-0.15, -0.1) is 0 Å². The van der Waals surface area contributed by atoms with Gasteiger partial charge in [0.15, 0.2) is 11.6 Å². The highest BCUT2D eigenvalue weighted by molar-refractivity contribution is 5.91. The Labute approximate surface area is 146 Å². The molecule has 0 aromatic carbocycles. The predicted molar refractivity (Wildman–Crippen MR) is 98.6 cm³/mol. The fourth-order valence-electron chi connectivity index (χ4n) is 2.02. The summed E-state index contributed by atoms with van der Waals surface area (Å²) in [5, 5.41) is 2.85. The van der Waals surface area contributed by atoms with Crippen LogP contribution in [0.4, 0.5) is 0 Å². The summed E-state index contributed by atoms with van der Waals surface area (Å²) in [7, 11) is 0. The van der Waals surface area contributed by atoms with Crippen molar-refractivity contribution in [2.75, 3.05) is 0 Å². The molecule has 2 unspecified atom stereocenters. The normalized spacial score (nSPS) is 14.6. The molecular weight excluding hydrogens is 302 g/mol. The molecule has 4 nitrogen and oxygen atoms in total. The Morgan fingerprint density at radius 3 is 2.12 bits per heavy atom. The van der Waals surface area contributed by atoms with Crippen molar-refractivity contribution in [3.63, 3.8) is 0 Å². The van der Waals surface area contributed by atoms with Gasteiger partial charge in [0.05, 0.1) is 0 Å². The molecule has 134 valence electrons. The molecule has 0 aromatic heterocycles. The highest BCUT2D eigenvalue weighted by Gasteiger charge is 2.07. The van der Waals surface area contributed by atoms with Crippen LogP contribution in [0.15, 0.2) is 36.5 Å². The molecule has 24 heavy (non-hydrogen) atoms. The Hall–Kier alpha value is -1.97. The zero-order chi connectivity index (χ0) is 18.5. The van der Waals surface area contributed by atoms with E-state index in [1.807, 2.05) is 34.6 Å². The fraction of sp³-hybridized carbons (Fsp3) is 0.550. The van der Waals surface area contributed by atoms with Crippen molar-refractivity contribution < 1.29 is 14.4 Å². The van der Waals surface area contributed by atoms with Gasteiger partial charge in [-0.25, -0.2) is 0 Å². The lowest BCUT2D eigenvalue weighted by molar-refractivity contribution is -0.117. The molecule has 2 atom stereocenters. The van der Waals surface area contributed by atoms with Crippen molar-refractivity contribution in [3.8, 4) is 0 Å². The first-order chi connectivity index (χ1) is 11.3. The minimum absolute atomic E-state index is 0.00392. The van der Waals surface area contributed by atoms with Crippen molar-refractivity contribution in [3.05, 3.63) is 36.5 Å². The minimum atomic E-state index is -0.155. The van der Waals surface area contributed by atoms with Crippen molar-refractivity contribution in [1.82, 2.24) is 5.32 Å². The van der Waals surface area contributed by atoms with Gasteiger partial charge in [0.25, 0.3) is 0 Å². The second-order valence-corrected chi connectivity index (χ2v) is 6.52. The van der Waals surface area contributed by atoms with E-state index in [-0.39, 0.29) is 35.4 Å². The third-order valence-corrected chi connectivity index (χ3v) is 3.44. The number of allylic oxidation sites excluding steroid dienone is 4. The van der Waals surface area contributed by atoms with Gasteiger partial charge in [0.2, 0.25) is 5.91 Å². The molecule has 0 radical (unpaired) electrons. The van der Waals surface area contributed by atoms with Crippen LogP contribution < -0.4 is 5.32 Å². The quantitative estimate of drug-likeness (QED) is 0.585. The van der Waals surface area contributed by atoms with E-state index in [1.54, 1.807) is 30.4 Å². The van der Waals surface area contributed by atoms with Gasteiger partial charge < -0.3 is 5.32 Å². The number of carbonyl (C=O) groups is 3. The van der Waals surface area contributed by atoms with Gasteiger partial charge in [0, 0.05) is 18.4 Å². The van der Waals surface area contributed by atoms with Gasteiger partial charge in [-0.1, -0.05) is 39.0 Å². The van der Waals surface area contributed by atoms with Crippen LogP contribution in [0.3, 0.4) is 0 Å². The number of rotatable bonds is 11. The number of carbonyl (C=O) groups excluding carboxylic acids is 3. The molecular formula is C20H31NO3. The first-order valence-corrected chi connectivity index (χ1v) is 8.59. The van der Waals surface area contributed by atoms with Gasteiger partial charge in [-0.2, -0.15) is 0 Å². The number of hydrogen-bond donors (Lipinski definition) is 1. The van der Waals surface area contributed by atoms with E-state index in [1.165, 1.54) is 6.08 Å². The minimum Gasteiger partial charge on any atom is -0.350 e. The molecule has 1 amide bonds. The zero-order valence-electron chi connectivity index (χ0n) is 15.5. The molecule has 0 saturated heterocycles. The van der Waals surface area contributed by atoms with E-state index in [2.05, 4.69) is 5.32 Å². The molecule has 0 heterocycles. The molecule has 4 heteroatoms. The van der Waals surface area contributed by atoms with Crippen molar-refractivity contribution in [2.45, 2.75) is 59.9 Å². The van der Waals surface area contributed by atoms with Crippen LogP contribution in [0, 0.1) is 11.8 Å². The van der Waals surface area contributed by atoms with Crippen LogP contribution in [0.5, 0.6) is 0 Å². The van der Waals surface area contributed by atoms with Crippen molar-refractivity contribution in [2.24, 2.45) is 11.8 Å². The highest BCUT2D eigenvalue weighted by Crippen LogP contribution is 2.09. The average Bonchev–Trinajstić information content (AvgIpc) is 2.46. The maximum atomic E-state index is 11.8. The Morgan fingerprint density at radius 2 is 1.54 bits per heavy atom. The largest absolute Gasteiger partial charge is 0.350 e. The van der Waals surface area contributed by atoms with E-state index in [0.717, 1.165) is 0 Å². The number of hydrogen-bond acceptors (Lipinski definition) is 3. The number of nitrogens with one attached hydrogen (secondary N) is 1. The zero-order valence-corrected chi connectivity index (χ0v) is 15.5. The molecule has 0 aromatic rings. The van der Waals surface area contributed by atoms with Crippen LogP contribution in [-0.2, 0) is 14.4 Å². The fourth-order valence-corrected chi connectivity index (χ4v) is 2.02. The van der Waals surface area contributed by atoms with Gasteiger partial charge in [-0.3, -0.25) is 14.4 Å². The highest BCUT2D eigenvalue weighted by atomic mass is 16.1. The number of ketones is 2. The van der Waals surface area contributed by atoms with Gasteiger partial charge in [0.1, 0.15) is 0 Å². The molecule has 0 rings (SSSR count). The van der Waals surface area contributed by atoms with Gasteiger partial charge in [-0.05, 0) is 50.8 Å². The Balaban J connectivity index is 4.11. The van der Waals surface area contributed by atoms with E-state index >= 15 is 0 Å².